The van der Waals surface area contributed by atoms with Crippen LogP contribution in [0.25, 0.3) is 0 Å². The lowest BCUT2D eigenvalue weighted by Crippen LogP contribution is -2.28. The van der Waals surface area contributed by atoms with Gasteiger partial charge in [0.2, 0.25) is 0 Å². The van der Waals surface area contributed by atoms with Crippen LogP contribution in [0.2, 0.25) is 0 Å². The minimum absolute atomic E-state index is 0.141. The number of amides is 2. The van der Waals surface area contributed by atoms with Gasteiger partial charge in [-0.05, 0) is 61.0 Å². The lowest BCUT2D eigenvalue weighted by molar-refractivity contribution is -0.123. The molecule has 0 fully saturated rings. The first kappa shape index (κ1) is 25.1. The largest absolute Gasteiger partial charge is 0.513 e. The van der Waals surface area contributed by atoms with Gasteiger partial charge in [-0.2, -0.15) is 0 Å². The average molecular weight is 479 g/mol. The second-order valence-corrected chi connectivity index (χ2v) is 7.18. The van der Waals surface area contributed by atoms with Gasteiger partial charge in [0.25, 0.3) is 11.8 Å². The van der Waals surface area contributed by atoms with Crippen LogP contribution in [-0.2, 0) is 16.1 Å². The fourth-order valence-corrected chi connectivity index (χ4v) is 2.96. The van der Waals surface area contributed by atoms with Crippen molar-refractivity contribution in [1.29, 1.82) is 0 Å². The first-order valence-corrected chi connectivity index (χ1v) is 10.9. The number of rotatable bonds is 10. The molecule has 0 radical (unpaired) electrons. The van der Waals surface area contributed by atoms with Crippen LogP contribution in [0.5, 0.6) is 17.2 Å². The molecule has 0 aliphatic carbocycles. The third kappa shape index (κ3) is 7.78. The lowest BCUT2D eigenvalue weighted by Gasteiger charge is -2.11. The summed E-state index contributed by atoms with van der Waals surface area (Å²) in [5.41, 5.74) is 1.85. The van der Waals surface area contributed by atoms with E-state index in [1.807, 2.05) is 6.07 Å². The van der Waals surface area contributed by atoms with Crippen molar-refractivity contribution in [3.05, 3.63) is 83.9 Å². The molecule has 3 aromatic carbocycles. The molecule has 3 aromatic rings. The van der Waals surface area contributed by atoms with Crippen LogP contribution >= 0.6 is 0 Å². The Morgan fingerprint density at radius 2 is 1.54 bits per heavy atom. The number of benzene rings is 3. The van der Waals surface area contributed by atoms with Gasteiger partial charge in [0.05, 0.1) is 13.7 Å². The third-order valence-electron chi connectivity index (χ3n) is 4.71. The van der Waals surface area contributed by atoms with Gasteiger partial charge < -0.3 is 29.6 Å². The third-order valence-corrected chi connectivity index (χ3v) is 4.71. The van der Waals surface area contributed by atoms with Crippen LogP contribution < -0.4 is 24.8 Å². The maximum atomic E-state index is 12.5. The zero-order valence-corrected chi connectivity index (χ0v) is 19.4. The van der Waals surface area contributed by atoms with Crippen molar-refractivity contribution in [2.45, 2.75) is 13.5 Å². The summed E-state index contributed by atoms with van der Waals surface area (Å²) in [6.45, 7) is 2.06. The first-order valence-electron chi connectivity index (χ1n) is 10.9. The Kier molecular flexibility index (Phi) is 9.07. The lowest BCUT2D eigenvalue weighted by atomic mass is 10.1. The van der Waals surface area contributed by atoms with Crippen LogP contribution in [0, 0.1) is 0 Å². The van der Waals surface area contributed by atoms with Crippen molar-refractivity contribution in [1.82, 2.24) is 5.32 Å². The number of para-hydroxylation sites is 2. The van der Waals surface area contributed by atoms with E-state index in [9.17, 15) is 14.4 Å². The Bertz CT molecular complexity index is 1150. The molecule has 35 heavy (non-hydrogen) atoms. The molecule has 0 aliphatic rings. The van der Waals surface area contributed by atoms with E-state index >= 15 is 0 Å². The predicted octanol–water partition coefficient (Wildman–Crippen LogP) is 4.18. The standard InChI is InChI=1S/C26H26N2O7/c1-3-33-26(31)35-21-14-10-19(11-15-21)25(30)28-20-12-8-18(9-13-20)16-27-24(29)17-34-23-7-5-4-6-22(23)32-2/h4-15H,3,16-17H2,1-2H3,(H,27,29)(H,28,30). The number of anilines is 1. The maximum absolute atomic E-state index is 12.5. The molecular formula is C26H26N2O7. The van der Waals surface area contributed by atoms with Crippen molar-refractivity contribution in [3.8, 4) is 17.2 Å². The highest BCUT2D eigenvalue weighted by Gasteiger charge is 2.10. The van der Waals surface area contributed by atoms with E-state index in [1.54, 1.807) is 61.5 Å². The Balaban J connectivity index is 1.45. The number of nitrogens with one attached hydrogen (secondary N) is 2. The van der Waals surface area contributed by atoms with E-state index < -0.39 is 6.16 Å². The highest BCUT2D eigenvalue weighted by atomic mass is 16.7. The zero-order valence-electron chi connectivity index (χ0n) is 19.4. The van der Waals surface area contributed by atoms with Crippen molar-refractivity contribution in [2.24, 2.45) is 0 Å². The number of hydrogen-bond acceptors (Lipinski definition) is 7. The van der Waals surface area contributed by atoms with E-state index in [0.717, 1.165) is 5.56 Å². The van der Waals surface area contributed by atoms with E-state index in [1.165, 1.54) is 19.2 Å². The minimum Gasteiger partial charge on any atom is -0.493 e. The summed E-state index contributed by atoms with van der Waals surface area (Å²) in [5.74, 6) is 0.732. The highest BCUT2D eigenvalue weighted by Crippen LogP contribution is 2.25. The molecule has 9 heteroatoms. The maximum Gasteiger partial charge on any atom is 0.513 e. The molecule has 2 N–H and O–H groups in total. The van der Waals surface area contributed by atoms with Gasteiger partial charge in [-0.3, -0.25) is 9.59 Å². The number of carbonyl (C=O) groups is 3. The summed E-state index contributed by atoms with van der Waals surface area (Å²) in [5, 5.41) is 5.57. The monoisotopic (exact) mass is 478 g/mol. The summed E-state index contributed by atoms with van der Waals surface area (Å²) in [6.07, 6.45) is -0.801. The molecule has 0 bridgehead atoms. The molecule has 0 saturated carbocycles. The Hall–Kier alpha value is -4.53. The summed E-state index contributed by atoms with van der Waals surface area (Å²) >= 11 is 0. The predicted molar refractivity (Wildman–Crippen MR) is 129 cm³/mol. The second kappa shape index (κ2) is 12.6. The molecule has 9 nitrogen and oxygen atoms in total. The zero-order chi connectivity index (χ0) is 25.0. The molecule has 0 saturated heterocycles. The van der Waals surface area contributed by atoms with E-state index in [2.05, 4.69) is 10.6 Å². The topological polar surface area (TPSA) is 112 Å². The van der Waals surface area contributed by atoms with Crippen molar-refractivity contribution in [3.63, 3.8) is 0 Å². The van der Waals surface area contributed by atoms with E-state index in [-0.39, 0.29) is 30.8 Å². The van der Waals surface area contributed by atoms with Crippen LogP contribution in [-0.4, -0.2) is 38.3 Å². The van der Waals surface area contributed by atoms with Crippen molar-refractivity contribution in [2.75, 3.05) is 25.6 Å². The normalized spacial score (nSPS) is 10.1. The molecule has 0 aliphatic heterocycles. The fraction of sp³-hybridized carbons (Fsp3) is 0.192. The molecule has 3 rings (SSSR count). The van der Waals surface area contributed by atoms with Gasteiger partial charge in [-0.15, -0.1) is 0 Å². The summed E-state index contributed by atoms with van der Waals surface area (Å²) in [4.78, 5) is 35.9. The number of carbonyl (C=O) groups excluding carboxylic acids is 3. The number of ether oxygens (including phenoxy) is 4. The Labute approximate surface area is 203 Å². The van der Waals surface area contributed by atoms with Crippen LogP contribution in [0.3, 0.4) is 0 Å². The molecule has 2 amide bonds. The molecular weight excluding hydrogens is 452 g/mol. The van der Waals surface area contributed by atoms with Gasteiger partial charge in [0.15, 0.2) is 18.1 Å². The van der Waals surface area contributed by atoms with Crippen molar-refractivity contribution >= 4 is 23.7 Å². The summed E-state index contributed by atoms with van der Waals surface area (Å²) in [6, 6.07) is 20.3. The number of hydrogen-bond donors (Lipinski definition) is 2. The average Bonchev–Trinajstić information content (AvgIpc) is 2.87. The van der Waals surface area contributed by atoms with Gasteiger partial charge in [0, 0.05) is 17.8 Å². The van der Waals surface area contributed by atoms with Crippen LogP contribution in [0.1, 0.15) is 22.8 Å². The molecule has 0 aromatic heterocycles. The summed E-state index contributed by atoms with van der Waals surface area (Å²) in [7, 11) is 1.54. The van der Waals surface area contributed by atoms with Gasteiger partial charge in [-0.1, -0.05) is 24.3 Å². The molecule has 0 spiro atoms. The Morgan fingerprint density at radius 3 is 2.20 bits per heavy atom. The highest BCUT2D eigenvalue weighted by molar-refractivity contribution is 6.04. The first-order chi connectivity index (χ1) is 17.0. The molecule has 0 atom stereocenters. The van der Waals surface area contributed by atoms with Crippen LogP contribution in [0.15, 0.2) is 72.8 Å². The van der Waals surface area contributed by atoms with E-state index in [4.69, 9.17) is 18.9 Å². The minimum atomic E-state index is -0.801. The van der Waals surface area contributed by atoms with Gasteiger partial charge in [-0.25, -0.2) is 4.79 Å². The second-order valence-electron chi connectivity index (χ2n) is 7.18. The smallest absolute Gasteiger partial charge is 0.493 e. The van der Waals surface area contributed by atoms with Crippen LogP contribution in [0.4, 0.5) is 10.5 Å². The SMILES string of the molecule is CCOC(=O)Oc1ccc(C(=O)Nc2ccc(CNC(=O)COc3ccccc3OC)cc2)cc1. The number of methoxy groups -OCH3 is 1. The summed E-state index contributed by atoms with van der Waals surface area (Å²) < 4.78 is 20.4. The molecule has 182 valence electrons. The Morgan fingerprint density at radius 1 is 0.857 bits per heavy atom. The molecule has 0 heterocycles. The molecule has 0 unspecified atom stereocenters. The van der Waals surface area contributed by atoms with E-state index in [0.29, 0.717) is 29.3 Å². The quantitative estimate of drug-likeness (QED) is 0.332. The van der Waals surface area contributed by atoms with Gasteiger partial charge in [0.1, 0.15) is 5.75 Å². The van der Waals surface area contributed by atoms with Crippen molar-refractivity contribution < 1.29 is 33.3 Å². The van der Waals surface area contributed by atoms with Gasteiger partial charge >= 0.3 is 6.16 Å². The fourth-order valence-electron chi connectivity index (χ4n) is 2.96.